The fraction of sp³-hybridized carbons (Fsp3) is 0.974. The lowest BCUT2D eigenvalue weighted by Crippen LogP contribution is -2.55. The molecular formula is C39H88N4O13. The molecule has 1 aliphatic rings. The number of hydrogen-bond acceptors (Lipinski definition) is 17. The number of ether oxygens (including phenoxy) is 7. The van der Waals surface area contributed by atoms with Crippen LogP contribution in [0.15, 0.2) is 0 Å². The highest BCUT2D eigenvalue weighted by Gasteiger charge is 2.40. The topological polar surface area (TPSA) is 216 Å². The smallest absolute Gasteiger partial charge is 0.311 e. The summed E-state index contributed by atoms with van der Waals surface area (Å²) in [7, 11) is 11.2. The summed E-state index contributed by atoms with van der Waals surface area (Å²) in [6, 6.07) is 0.212. The molecule has 0 aliphatic carbocycles. The lowest BCUT2D eigenvalue weighted by molar-refractivity contribution is -0.313. The number of hydrogen-bond donors (Lipinski definition) is 6. The third-order valence-electron chi connectivity index (χ3n) is 8.58. The summed E-state index contributed by atoms with van der Waals surface area (Å²) in [6.07, 6.45) is -0.335. The Morgan fingerprint density at radius 3 is 1.93 bits per heavy atom. The third-order valence-corrected chi connectivity index (χ3v) is 8.58. The monoisotopic (exact) mass is 821 g/mol. The second-order valence-electron chi connectivity index (χ2n) is 13.8. The normalized spacial score (nSPS) is 20.8. The standard InChI is InChI=1S/C24H49N3O8.C7H16O.C4H11NO.C3H8O2.CH4O/c1-10-15(3)14-27(8)24(32-11-2)25-35-21(20(28)17(5)22(29)31-9)23(30)34-19-13-18(26(6)7)12-16(4)33-19;1-4-6-8-7(3)5-2;1-6-4-2-3-5;1-3(4)5-2;1-2/h15-21,23-25,28,30H,10-14H2,1-9H3;7H,4-6H2,1-3H3;2-5H2,1H3;3-4H,1-2H3;2H,1H3/t15-,16?,17?,18?,19?,20+,21-,23+,24?;;;;/m0..../s1. The highest BCUT2D eigenvalue weighted by molar-refractivity contribution is 5.72. The Kier molecular flexibility index (Phi) is 44.7. The molecule has 0 aromatic carbocycles. The van der Waals surface area contributed by atoms with Crippen LogP contribution in [0.5, 0.6) is 0 Å². The van der Waals surface area contributed by atoms with Crippen molar-refractivity contribution in [3.8, 4) is 0 Å². The molecular weight excluding hydrogens is 732 g/mol. The predicted molar refractivity (Wildman–Crippen MR) is 219 cm³/mol. The van der Waals surface area contributed by atoms with Crippen LogP contribution < -0.4 is 11.2 Å². The van der Waals surface area contributed by atoms with Gasteiger partial charge in [0.25, 0.3) is 0 Å². The summed E-state index contributed by atoms with van der Waals surface area (Å²) in [5.74, 6) is -1.19. The van der Waals surface area contributed by atoms with Gasteiger partial charge in [0.05, 0.1) is 25.2 Å². The first-order valence-corrected chi connectivity index (χ1v) is 20.0. The first-order valence-electron chi connectivity index (χ1n) is 20.0. The van der Waals surface area contributed by atoms with E-state index in [1.165, 1.54) is 21.1 Å². The minimum Gasteiger partial charge on any atom is -0.469 e. The Labute approximate surface area is 340 Å². The molecule has 1 heterocycles. The van der Waals surface area contributed by atoms with Gasteiger partial charge in [0.2, 0.25) is 0 Å². The number of rotatable bonds is 24. The average Bonchev–Trinajstić information content (AvgIpc) is 3.18. The Morgan fingerprint density at radius 2 is 1.52 bits per heavy atom. The number of nitrogens with one attached hydrogen (secondary N) is 1. The molecule has 56 heavy (non-hydrogen) atoms. The number of methoxy groups -OCH3 is 3. The molecule has 17 heteroatoms. The summed E-state index contributed by atoms with van der Waals surface area (Å²) in [5.41, 5.74) is 7.93. The Hall–Kier alpha value is -1.13. The zero-order valence-electron chi connectivity index (χ0n) is 38.1. The number of nitrogens with two attached hydrogens (primary N) is 1. The number of hydroxylamine groups is 1. The molecule has 11 atom stereocenters. The van der Waals surface area contributed by atoms with Crippen LogP contribution in [-0.4, -0.2) is 174 Å². The number of esters is 1. The fourth-order valence-corrected chi connectivity index (χ4v) is 4.65. The molecule has 17 nitrogen and oxygen atoms in total. The molecule has 0 radical (unpaired) electrons. The minimum atomic E-state index is -1.59. The molecule has 0 saturated carbocycles. The molecule has 0 amide bonds. The minimum absolute atomic E-state index is 0.0682. The van der Waals surface area contributed by atoms with E-state index in [-0.39, 0.29) is 12.1 Å². The Balaban J connectivity index is -0.000000522. The molecule has 1 rings (SSSR count). The van der Waals surface area contributed by atoms with Crippen molar-refractivity contribution in [3.63, 3.8) is 0 Å². The van der Waals surface area contributed by atoms with Gasteiger partial charge in [-0.2, -0.15) is 5.48 Å². The zero-order valence-corrected chi connectivity index (χ0v) is 38.1. The number of nitrogens with zero attached hydrogens (tertiary/aromatic N) is 2. The van der Waals surface area contributed by atoms with Crippen molar-refractivity contribution >= 4 is 5.97 Å². The lowest BCUT2D eigenvalue weighted by Gasteiger charge is -2.39. The maximum absolute atomic E-state index is 12.1. The maximum atomic E-state index is 12.1. The second kappa shape index (κ2) is 40.6. The Morgan fingerprint density at radius 1 is 0.929 bits per heavy atom. The van der Waals surface area contributed by atoms with E-state index in [0.717, 1.165) is 65.5 Å². The van der Waals surface area contributed by atoms with Crippen molar-refractivity contribution in [1.82, 2.24) is 15.3 Å². The number of aliphatic hydroxyl groups excluding tert-OH is 4. The third kappa shape index (κ3) is 32.8. The molecule has 1 fully saturated rings. The second-order valence-corrected chi connectivity index (χ2v) is 13.8. The molecule has 1 saturated heterocycles. The van der Waals surface area contributed by atoms with Gasteiger partial charge < -0.3 is 64.2 Å². The SMILES string of the molecule is CCCOC(C)CC.CCOC(NO[C@H]([C@H](O)OC1CC(N(C)C)CC(C)O1)[C@H](O)C(C)C(=O)OC)N(C)C[C@@H](C)CC.CO.COC(C)O.COCCCN. The molecule has 0 aromatic heterocycles. The van der Waals surface area contributed by atoms with Crippen LogP contribution in [-0.2, 0) is 42.8 Å². The predicted octanol–water partition coefficient (Wildman–Crippen LogP) is 2.91. The molecule has 1 aliphatic heterocycles. The van der Waals surface area contributed by atoms with Crippen LogP contribution in [0.1, 0.15) is 101 Å². The van der Waals surface area contributed by atoms with E-state index in [4.69, 9.17) is 49.2 Å². The first-order chi connectivity index (χ1) is 26.4. The maximum Gasteiger partial charge on any atom is 0.311 e. The van der Waals surface area contributed by atoms with Crippen LogP contribution in [0.2, 0.25) is 0 Å². The highest BCUT2D eigenvalue weighted by Crippen LogP contribution is 2.26. The average molecular weight is 821 g/mol. The molecule has 0 bridgehead atoms. The van der Waals surface area contributed by atoms with Gasteiger partial charge >= 0.3 is 5.97 Å². The summed E-state index contributed by atoms with van der Waals surface area (Å²) < 4.78 is 36.5. The van der Waals surface area contributed by atoms with Gasteiger partial charge in [-0.25, -0.2) is 0 Å². The van der Waals surface area contributed by atoms with Gasteiger partial charge in [0.1, 0.15) is 6.10 Å². The van der Waals surface area contributed by atoms with Crippen LogP contribution in [0.3, 0.4) is 0 Å². The van der Waals surface area contributed by atoms with E-state index < -0.39 is 49.3 Å². The Bertz CT molecular complexity index is 834. The summed E-state index contributed by atoms with van der Waals surface area (Å²) >= 11 is 0. The van der Waals surface area contributed by atoms with Gasteiger partial charge in [-0.3, -0.25) is 14.5 Å². The van der Waals surface area contributed by atoms with Gasteiger partial charge in [0.15, 0.2) is 31.3 Å². The van der Waals surface area contributed by atoms with E-state index in [2.05, 4.69) is 49.7 Å². The van der Waals surface area contributed by atoms with Gasteiger partial charge in [0, 0.05) is 60.2 Å². The summed E-state index contributed by atoms with van der Waals surface area (Å²) in [6.45, 7) is 21.1. The van der Waals surface area contributed by atoms with Gasteiger partial charge in [-0.15, -0.1) is 0 Å². The largest absolute Gasteiger partial charge is 0.469 e. The quantitative estimate of drug-likeness (QED) is 0.0357. The van der Waals surface area contributed by atoms with Crippen molar-refractivity contribution in [2.24, 2.45) is 17.6 Å². The lowest BCUT2D eigenvalue weighted by atomic mass is 9.99. The van der Waals surface area contributed by atoms with Crippen molar-refractivity contribution < 1.29 is 63.2 Å². The molecule has 7 unspecified atom stereocenters. The van der Waals surface area contributed by atoms with E-state index in [0.29, 0.717) is 25.0 Å². The van der Waals surface area contributed by atoms with Crippen LogP contribution in [0.4, 0.5) is 0 Å². The summed E-state index contributed by atoms with van der Waals surface area (Å²) in [4.78, 5) is 21.9. The van der Waals surface area contributed by atoms with Gasteiger partial charge in [-0.05, 0) is 93.9 Å². The molecule has 342 valence electrons. The summed E-state index contributed by atoms with van der Waals surface area (Å²) in [5, 5.41) is 37.0. The van der Waals surface area contributed by atoms with Crippen molar-refractivity contribution in [1.29, 1.82) is 0 Å². The number of aliphatic hydroxyl groups is 4. The van der Waals surface area contributed by atoms with Crippen molar-refractivity contribution in [2.75, 3.05) is 82.5 Å². The fourth-order valence-electron chi connectivity index (χ4n) is 4.65. The van der Waals surface area contributed by atoms with Crippen LogP contribution >= 0.6 is 0 Å². The van der Waals surface area contributed by atoms with Crippen LogP contribution in [0.25, 0.3) is 0 Å². The molecule has 0 aromatic rings. The first kappa shape index (κ1) is 61.5. The van der Waals surface area contributed by atoms with E-state index >= 15 is 0 Å². The van der Waals surface area contributed by atoms with Gasteiger partial charge in [-0.1, -0.05) is 34.1 Å². The molecule has 0 spiro atoms. The molecule has 7 N–H and O–H groups in total. The zero-order chi connectivity index (χ0) is 44.2. The number of carbonyl (C=O) groups is 1. The van der Waals surface area contributed by atoms with Crippen molar-refractivity contribution in [3.05, 3.63) is 0 Å². The number of carbonyl (C=O) groups excluding carboxylic acids is 1. The van der Waals surface area contributed by atoms with Crippen LogP contribution in [0, 0.1) is 11.8 Å². The highest BCUT2D eigenvalue weighted by atomic mass is 16.8. The van der Waals surface area contributed by atoms with E-state index in [1.54, 1.807) is 14.0 Å². The van der Waals surface area contributed by atoms with E-state index in [9.17, 15) is 15.0 Å². The van der Waals surface area contributed by atoms with E-state index in [1.807, 2.05) is 39.9 Å². The van der Waals surface area contributed by atoms with Crippen molar-refractivity contribution in [2.45, 2.75) is 157 Å².